The smallest absolute Gasteiger partial charge is 0.149 e. The molecule has 1 fully saturated rings. The fraction of sp³-hybridized carbons (Fsp3) is 0.562. The molecule has 2 atom stereocenters. The number of carbonyl (C=O) groups excluding carboxylic acids is 1. The van der Waals surface area contributed by atoms with Gasteiger partial charge in [-0.05, 0) is 30.9 Å². The molecule has 2 unspecified atom stereocenters. The normalized spacial score (nSPS) is 22.0. The van der Waals surface area contributed by atoms with E-state index in [2.05, 4.69) is 42.2 Å². The maximum absolute atomic E-state index is 11.9. The van der Waals surface area contributed by atoms with E-state index in [1.807, 2.05) is 6.92 Å². The Balaban J connectivity index is 1.87. The molecule has 1 heterocycles. The monoisotopic (exact) mass is 245 g/mol. The molecule has 0 aromatic heterocycles. The largest absolute Gasteiger partial charge is 0.298 e. The van der Waals surface area contributed by atoms with Crippen LogP contribution in [0.1, 0.15) is 38.2 Å². The second-order valence-corrected chi connectivity index (χ2v) is 5.41. The number of hydrogen-bond donors (Lipinski definition) is 0. The van der Waals surface area contributed by atoms with Crippen molar-refractivity contribution in [2.75, 3.05) is 19.6 Å². The first-order valence-electron chi connectivity index (χ1n) is 7.00. The van der Waals surface area contributed by atoms with Gasteiger partial charge >= 0.3 is 0 Å². The van der Waals surface area contributed by atoms with Gasteiger partial charge < -0.3 is 0 Å². The quantitative estimate of drug-likeness (QED) is 0.794. The molecule has 0 radical (unpaired) electrons. The van der Waals surface area contributed by atoms with E-state index in [1.165, 1.54) is 12.0 Å². The van der Waals surface area contributed by atoms with E-state index >= 15 is 0 Å². The summed E-state index contributed by atoms with van der Waals surface area (Å²) in [6.07, 6.45) is 2.13. The lowest BCUT2D eigenvalue weighted by molar-refractivity contribution is -0.123. The topological polar surface area (TPSA) is 20.3 Å². The fourth-order valence-corrected chi connectivity index (χ4v) is 2.58. The van der Waals surface area contributed by atoms with Crippen molar-refractivity contribution in [1.82, 2.24) is 4.90 Å². The molecule has 0 N–H and O–H groups in total. The van der Waals surface area contributed by atoms with Crippen LogP contribution in [0.4, 0.5) is 0 Å². The molecule has 0 aliphatic carbocycles. The fourth-order valence-electron chi connectivity index (χ4n) is 2.58. The molecule has 0 spiro atoms. The van der Waals surface area contributed by atoms with Crippen molar-refractivity contribution >= 4 is 5.78 Å². The van der Waals surface area contributed by atoms with Crippen LogP contribution in [0.15, 0.2) is 30.3 Å². The Morgan fingerprint density at radius 3 is 2.78 bits per heavy atom. The summed E-state index contributed by atoms with van der Waals surface area (Å²) >= 11 is 0. The number of ketones is 1. The van der Waals surface area contributed by atoms with Gasteiger partial charge in [-0.2, -0.15) is 0 Å². The minimum absolute atomic E-state index is 0.209. The first kappa shape index (κ1) is 13.3. The summed E-state index contributed by atoms with van der Waals surface area (Å²) in [6, 6.07) is 10.7. The number of nitrogens with zero attached hydrogens (tertiary/aromatic N) is 1. The summed E-state index contributed by atoms with van der Waals surface area (Å²) in [7, 11) is 0. The zero-order valence-electron chi connectivity index (χ0n) is 11.4. The molecule has 0 saturated carbocycles. The van der Waals surface area contributed by atoms with E-state index in [0.717, 1.165) is 19.5 Å². The minimum Gasteiger partial charge on any atom is -0.298 e. The number of benzene rings is 1. The SMILES string of the molecule is CCC(C)C(=O)CN1CCC(c2ccccc2)C1. The van der Waals surface area contributed by atoms with Crippen LogP contribution >= 0.6 is 0 Å². The van der Waals surface area contributed by atoms with Crippen molar-refractivity contribution < 1.29 is 4.79 Å². The highest BCUT2D eigenvalue weighted by Gasteiger charge is 2.25. The number of Topliss-reactive ketones (excluding diaryl/α,β-unsaturated/α-hetero) is 1. The highest BCUT2D eigenvalue weighted by Crippen LogP contribution is 2.26. The summed E-state index contributed by atoms with van der Waals surface area (Å²) < 4.78 is 0. The molecule has 2 heteroatoms. The molecule has 1 aromatic rings. The predicted molar refractivity (Wildman–Crippen MR) is 74.7 cm³/mol. The van der Waals surface area contributed by atoms with Gasteiger partial charge in [-0.25, -0.2) is 0 Å². The first-order valence-corrected chi connectivity index (χ1v) is 7.00. The number of rotatable bonds is 5. The molecule has 2 nitrogen and oxygen atoms in total. The third-order valence-corrected chi connectivity index (χ3v) is 4.08. The summed E-state index contributed by atoms with van der Waals surface area (Å²) in [5.41, 5.74) is 1.41. The highest BCUT2D eigenvalue weighted by atomic mass is 16.1. The van der Waals surface area contributed by atoms with E-state index in [9.17, 15) is 4.79 Å². The van der Waals surface area contributed by atoms with Crippen LogP contribution < -0.4 is 0 Å². The van der Waals surface area contributed by atoms with Crippen molar-refractivity contribution in [2.24, 2.45) is 5.92 Å². The standard InChI is InChI=1S/C16H23NO/c1-3-13(2)16(18)12-17-10-9-15(11-17)14-7-5-4-6-8-14/h4-8,13,15H,3,9-12H2,1-2H3. The zero-order chi connectivity index (χ0) is 13.0. The lowest BCUT2D eigenvalue weighted by Crippen LogP contribution is -2.30. The second-order valence-electron chi connectivity index (χ2n) is 5.41. The van der Waals surface area contributed by atoms with Crippen molar-refractivity contribution in [1.29, 1.82) is 0 Å². The van der Waals surface area contributed by atoms with Crippen LogP contribution in [0.2, 0.25) is 0 Å². The molecule has 2 rings (SSSR count). The van der Waals surface area contributed by atoms with Gasteiger partial charge in [0.1, 0.15) is 5.78 Å². The van der Waals surface area contributed by atoms with Crippen LogP contribution in [-0.2, 0) is 4.79 Å². The van der Waals surface area contributed by atoms with Crippen molar-refractivity contribution in [3.8, 4) is 0 Å². The lowest BCUT2D eigenvalue weighted by atomic mass is 9.99. The van der Waals surface area contributed by atoms with E-state index < -0.39 is 0 Å². The van der Waals surface area contributed by atoms with Crippen LogP contribution in [0.5, 0.6) is 0 Å². The van der Waals surface area contributed by atoms with Gasteiger partial charge in [0.05, 0.1) is 6.54 Å². The maximum Gasteiger partial charge on any atom is 0.149 e. The third kappa shape index (κ3) is 3.20. The maximum atomic E-state index is 11.9. The van der Waals surface area contributed by atoms with Crippen molar-refractivity contribution in [3.63, 3.8) is 0 Å². The molecular formula is C16H23NO. The van der Waals surface area contributed by atoms with E-state index in [-0.39, 0.29) is 5.92 Å². The molecule has 18 heavy (non-hydrogen) atoms. The van der Waals surface area contributed by atoms with Gasteiger partial charge in [0.15, 0.2) is 0 Å². The average molecular weight is 245 g/mol. The molecule has 0 bridgehead atoms. The van der Waals surface area contributed by atoms with Crippen LogP contribution in [0.3, 0.4) is 0 Å². The molecule has 1 aliphatic heterocycles. The van der Waals surface area contributed by atoms with Gasteiger partial charge in [-0.15, -0.1) is 0 Å². The summed E-state index contributed by atoms with van der Waals surface area (Å²) in [6.45, 7) is 6.85. The number of hydrogen-bond acceptors (Lipinski definition) is 2. The van der Waals surface area contributed by atoms with E-state index in [1.54, 1.807) is 0 Å². The Morgan fingerprint density at radius 1 is 1.39 bits per heavy atom. The van der Waals surface area contributed by atoms with Gasteiger partial charge in [-0.3, -0.25) is 9.69 Å². The molecule has 0 amide bonds. The summed E-state index contributed by atoms with van der Waals surface area (Å²) in [5.74, 6) is 1.21. The van der Waals surface area contributed by atoms with Crippen molar-refractivity contribution in [2.45, 2.75) is 32.6 Å². The Hall–Kier alpha value is -1.15. The number of carbonyl (C=O) groups is 1. The Kier molecular flexibility index (Phi) is 4.54. The second kappa shape index (κ2) is 6.14. The zero-order valence-corrected chi connectivity index (χ0v) is 11.4. The Morgan fingerprint density at radius 2 is 2.11 bits per heavy atom. The molecule has 1 saturated heterocycles. The average Bonchev–Trinajstić information content (AvgIpc) is 2.87. The summed E-state index contributed by atoms with van der Waals surface area (Å²) in [4.78, 5) is 14.2. The van der Waals surface area contributed by atoms with Gasteiger partial charge in [0.25, 0.3) is 0 Å². The Bertz CT molecular complexity index is 387. The van der Waals surface area contributed by atoms with Crippen LogP contribution in [-0.4, -0.2) is 30.3 Å². The van der Waals surface area contributed by atoms with Gasteiger partial charge in [-0.1, -0.05) is 44.2 Å². The number of likely N-dealkylation sites (tertiary alicyclic amines) is 1. The Labute approximate surface area is 110 Å². The van der Waals surface area contributed by atoms with Gasteiger partial charge in [0, 0.05) is 12.5 Å². The predicted octanol–water partition coefficient (Wildman–Crippen LogP) is 3.09. The first-order chi connectivity index (χ1) is 8.70. The third-order valence-electron chi connectivity index (χ3n) is 4.08. The molecule has 1 aliphatic rings. The van der Waals surface area contributed by atoms with Crippen LogP contribution in [0, 0.1) is 5.92 Å². The van der Waals surface area contributed by atoms with Crippen LogP contribution in [0.25, 0.3) is 0 Å². The van der Waals surface area contributed by atoms with E-state index in [4.69, 9.17) is 0 Å². The highest BCUT2D eigenvalue weighted by molar-refractivity contribution is 5.82. The summed E-state index contributed by atoms with van der Waals surface area (Å²) in [5, 5.41) is 0. The van der Waals surface area contributed by atoms with E-state index in [0.29, 0.717) is 18.2 Å². The van der Waals surface area contributed by atoms with Gasteiger partial charge in [0.2, 0.25) is 0 Å². The lowest BCUT2D eigenvalue weighted by Gasteiger charge is -2.17. The molecule has 98 valence electrons. The minimum atomic E-state index is 0.209. The molecule has 1 aromatic carbocycles. The molecular weight excluding hydrogens is 222 g/mol. The van der Waals surface area contributed by atoms with Crippen molar-refractivity contribution in [3.05, 3.63) is 35.9 Å².